The summed E-state index contributed by atoms with van der Waals surface area (Å²) in [7, 11) is -4.59. The number of aromatic amines is 1. The first-order valence-electron chi connectivity index (χ1n) is 13.1. The molecule has 0 saturated carbocycles. The average Bonchev–Trinajstić information content (AvgIpc) is 3.19. The lowest BCUT2D eigenvalue weighted by molar-refractivity contribution is -0.0392. The topological polar surface area (TPSA) is 147 Å². The van der Waals surface area contributed by atoms with Crippen LogP contribution in [0.2, 0.25) is 0 Å². The van der Waals surface area contributed by atoms with Crippen molar-refractivity contribution in [1.29, 1.82) is 5.26 Å². The Bertz CT molecular complexity index is 1260. The highest BCUT2D eigenvalue weighted by atomic mass is 32.2. The van der Waals surface area contributed by atoms with Crippen LogP contribution in [0.15, 0.2) is 21.9 Å². The number of H-pyrrole nitrogens is 1. The van der Waals surface area contributed by atoms with Gasteiger partial charge in [0.1, 0.15) is 20.1 Å². The molecule has 1 N–H and O–H groups in total. The summed E-state index contributed by atoms with van der Waals surface area (Å²) in [4.78, 5) is 28.4. The zero-order valence-electron chi connectivity index (χ0n) is 23.1. The smallest absolute Gasteiger partial charge is 0.330 e. The van der Waals surface area contributed by atoms with Gasteiger partial charge < -0.3 is 18.9 Å². The number of nitrogens with one attached hydrogen (secondary N) is 1. The largest absolute Gasteiger partial charge is 0.460 e. The summed E-state index contributed by atoms with van der Waals surface area (Å²) in [5.74, 6) is -0.0819. The molecule has 0 aromatic carbocycles. The molecule has 39 heavy (non-hydrogen) atoms. The van der Waals surface area contributed by atoms with Gasteiger partial charge in [0, 0.05) is 37.4 Å². The second kappa shape index (κ2) is 13.2. The second-order valence-electron chi connectivity index (χ2n) is 10.2. The maximum atomic E-state index is 12.8. The third-order valence-electron chi connectivity index (χ3n) is 6.69. The van der Waals surface area contributed by atoms with Crippen LogP contribution in [-0.4, -0.2) is 93.4 Å². The summed E-state index contributed by atoms with van der Waals surface area (Å²) in [6, 6.07) is 3.72. The molecule has 0 spiro atoms. The summed E-state index contributed by atoms with van der Waals surface area (Å²) in [6.45, 7) is 12.3. The first-order chi connectivity index (χ1) is 18.3. The Morgan fingerprint density at radius 1 is 1.23 bits per heavy atom. The number of thiocarbonyl (C=S) groups is 1. The minimum atomic E-state index is -3.14. The van der Waals surface area contributed by atoms with Crippen LogP contribution in [0, 0.1) is 11.3 Å². The lowest BCUT2D eigenvalue weighted by atomic mass is 10.1. The monoisotopic (exact) mass is 603 g/mol. The molecule has 0 aliphatic carbocycles. The zero-order valence-corrected chi connectivity index (χ0v) is 25.7. The molecule has 6 atom stereocenters. The van der Waals surface area contributed by atoms with Crippen molar-refractivity contribution < 1.29 is 22.4 Å². The molecule has 6 unspecified atom stereocenters. The van der Waals surface area contributed by atoms with Crippen molar-refractivity contribution in [2.24, 2.45) is 0 Å². The number of rotatable bonds is 9. The van der Waals surface area contributed by atoms with Crippen LogP contribution in [0.3, 0.4) is 0 Å². The van der Waals surface area contributed by atoms with Crippen LogP contribution < -0.4 is 11.2 Å². The van der Waals surface area contributed by atoms with E-state index in [9.17, 15) is 23.3 Å². The predicted octanol–water partition coefficient (Wildman–Crippen LogP) is 1.97. The lowest BCUT2D eigenvalue weighted by Gasteiger charge is -2.41. The van der Waals surface area contributed by atoms with Crippen molar-refractivity contribution in [3.05, 3.63) is 33.1 Å². The van der Waals surface area contributed by atoms with E-state index in [1.54, 1.807) is 4.90 Å². The van der Waals surface area contributed by atoms with E-state index < -0.39 is 59.6 Å². The highest BCUT2D eigenvalue weighted by Crippen LogP contribution is 2.53. The van der Waals surface area contributed by atoms with Gasteiger partial charge in [-0.1, -0.05) is 6.92 Å². The molecule has 0 amide bonds. The molecule has 3 rings (SSSR count). The summed E-state index contributed by atoms with van der Waals surface area (Å²) < 4.78 is 46.6. The average molecular weight is 604 g/mol. The normalized spacial score (nSPS) is 26.5. The Morgan fingerprint density at radius 3 is 2.36 bits per heavy atom. The summed E-state index contributed by atoms with van der Waals surface area (Å²) in [6.07, 6.45) is -1.28. The molecule has 0 radical (unpaired) electrons. The third kappa shape index (κ3) is 7.45. The van der Waals surface area contributed by atoms with Crippen molar-refractivity contribution in [1.82, 2.24) is 19.1 Å². The van der Waals surface area contributed by atoms with E-state index in [1.165, 1.54) is 16.8 Å². The first-order valence-corrected chi connectivity index (χ1v) is 16.6. The fourth-order valence-electron chi connectivity index (χ4n) is 4.80. The van der Waals surface area contributed by atoms with Crippen molar-refractivity contribution in [2.75, 3.05) is 24.6 Å². The molecule has 2 fully saturated rings. The molecule has 0 bridgehead atoms. The fraction of sp³-hybridized carbons (Fsp3) is 0.750. The van der Waals surface area contributed by atoms with Gasteiger partial charge in [-0.3, -0.25) is 19.0 Å². The summed E-state index contributed by atoms with van der Waals surface area (Å²) >= 11 is 5.59. The van der Waals surface area contributed by atoms with Crippen LogP contribution in [0.1, 0.15) is 54.2 Å². The SMILES string of the molecule is CCC1OC(n2ccc(=O)[nH]c2=O)C(OC(=S)N2CCS(=O)(=O)CC2)C1OP(C(C)C#N)N(C(C)C)C(C)C. The van der Waals surface area contributed by atoms with Crippen LogP contribution in [0.5, 0.6) is 0 Å². The molecule has 1 aromatic heterocycles. The van der Waals surface area contributed by atoms with Gasteiger partial charge in [-0.05, 0) is 53.3 Å². The zero-order chi connectivity index (χ0) is 29.1. The van der Waals surface area contributed by atoms with Gasteiger partial charge in [0.15, 0.2) is 22.2 Å². The summed E-state index contributed by atoms with van der Waals surface area (Å²) in [5.41, 5.74) is -1.67. The van der Waals surface area contributed by atoms with E-state index in [2.05, 4.69) is 15.7 Å². The maximum absolute atomic E-state index is 12.8. The minimum Gasteiger partial charge on any atom is -0.460 e. The Hall–Kier alpha value is -1.88. The van der Waals surface area contributed by atoms with Crippen LogP contribution in [0.4, 0.5) is 0 Å². The van der Waals surface area contributed by atoms with Gasteiger partial charge >= 0.3 is 5.69 Å². The molecule has 12 nitrogen and oxygen atoms in total. The molecule has 2 aliphatic rings. The third-order valence-corrected chi connectivity index (χ3v) is 11.3. The van der Waals surface area contributed by atoms with Crippen molar-refractivity contribution >= 4 is 35.5 Å². The Kier molecular flexibility index (Phi) is 10.7. The maximum Gasteiger partial charge on any atom is 0.330 e. The van der Waals surface area contributed by atoms with E-state index in [-0.39, 0.29) is 41.9 Å². The van der Waals surface area contributed by atoms with Crippen LogP contribution in [-0.2, 0) is 23.8 Å². The Balaban J connectivity index is 2.02. The molecule has 15 heteroatoms. The van der Waals surface area contributed by atoms with Gasteiger partial charge in [0.2, 0.25) is 0 Å². The van der Waals surface area contributed by atoms with E-state index in [4.69, 9.17) is 26.2 Å². The Morgan fingerprint density at radius 2 is 1.85 bits per heavy atom. The molecular formula is C24H38N5O7PS2. The summed E-state index contributed by atoms with van der Waals surface area (Å²) in [5, 5.41) is 9.95. The number of hydrogen-bond donors (Lipinski definition) is 1. The molecular weight excluding hydrogens is 565 g/mol. The van der Waals surface area contributed by atoms with Crippen molar-refractivity contribution in [3.63, 3.8) is 0 Å². The van der Waals surface area contributed by atoms with Crippen LogP contribution in [0.25, 0.3) is 0 Å². The molecule has 1 aromatic rings. The van der Waals surface area contributed by atoms with Gasteiger partial charge in [-0.2, -0.15) is 5.26 Å². The first kappa shape index (κ1) is 31.6. The number of ether oxygens (including phenoxy) is 2. The van der Waals surface area contributed by atoms with Gasteiger partial charge in [0.25, 0.3) is 10.7 Å². The van der Waals surface area contributed by atoms with Crippen molar-refractivity contribution in [2.45, 2.75) is 90.2 Å². The van der Waals surface area contributed by atoms with Crippen LogP contribution >= 0.6 is 20.5 Å². The highest BCUT2D eigenvalue weighted by molar-refractivity contribution is 7.91. The fourth-order valence-corrected chi connectivity index (χ4v) is 8.50. The van der Waals surface area contributed by atoms with E-state index in [0.29, 0.717) is 6.42 Å². The van der Waals surface area contributed by atoms with Crippen molar-refractivity contribution in [3.8, 4) is 6.07 Å². The molecule has 218 valence electrons. The number of aromatic nitrogens is 2. The number of hydrogen-bond acceptors (Lipinski definition) is 10. The van der Waals surface area contributed by atoms with Gasteiger partial charge in [-0.15, -0.1) is 0 Å². The number of sulfone groups is 1. The van der Waals surface area contributed by atoms with E-state index >= 15 is 0 Å². The van der Waals surface area contributed by atoms with E-state index in [1.807, 2.05) is 41.5 Å². The van der Waals surface area contributed by atoms with E-state index in [0.717, 1.165) is 0 Å². The Labute approximate surface area is 236 Å². The van der Waals surface area contributed by atoms with Gasteiger partial charge in [0.05, 0.1) is 23.7 Å². The highest BCUT2D eigenvalue weighted by Gasteiger charge is 2.51. The minimum absolute atomic E-state index is 0.0410. The standard InChI is InChI=1S/C24H38N5O7PS2/c1-7-18-20(36-37(17(6)14-25)29(15(2)3)16(4)5)21(22(34-18)28-9-8-19(30)26-23(28)31)35-24(38)27-10-12-39(32,33)13-11-27/h8-9,15-18,20-22H,7,10-13H2,1-6H3,(H,26,30,31). The second-order valence-corrected chi connectivity index (χ2v) is 14.9. The number of nitriles is 1. The molecule has 2 aliphatic heterocycles. The molecule has 2 saturated heterocycles. The number of nitrogens with zero attached hydrogens (tertiary/aromatic N) is 4. The molecule has 3 heterocycles. The quantitative estimate of drug-likeness (QED) is 0.326. The lowest BCUT2D eigenvalue weighted by Crippen LogP contribution is -2.48. The predicted molar refractivity (Wildman–Crippen MR) is 152 cm³/mol. The van der Waals surface area contributed by atoms with Gasteiger partial charge in [-0.25, -0.2) is 13.2 Å².